The molecule has 0 bridgehead atoms. The maximum absolute atomic E-state index is 13.4. The highest BCUT2D eigenvalue weighted by Crippen LogP contribution is 2.68. The van der Waals surface area contributed by atoms with Gasteiger partial charge in [-0.1, -0.05) is 42.5 Å². The van der Waals surface area contributed by atoms with E-state index in [-0.39, 0.29) is 12.4 Å². The number of aliphatic hydroxyl groups excluding tert-OH is 3. The Labute approximate surface area is 266 Å². The molecule has 12 heteroatoms. The SMILES string of the molecule is COC(=O)[C@H]1[C@@H](O)[C@H]2c3c(OC)cc(O[C@@H]4OC([C@H](O)CO)CO[C@H]4OC)cc3O[C@@]2(c2ccc(OC)cc2)[C@@H]1c1ccccc1. The molecule has 12 nitrogen and oxygen atoms in total. The Kier molecular flexibility index (Phi) is 9.10. The maximum atomic E-state index is 13.4. The van der Waals surface area contributed by atoms with Crippen LogP contribution in [-0.2, 0) is 29.3 Å². The number of methoxy groups -OCH3 is 4. The minimum Gasteiger partial charge on any atom is -0.497 e. The van der Waals surface area contributed by atoms with Gasteiger partial charge >= 0.3 is 5.97 Å². The van der Waals surface area contributed by atoms with Crippen molar-refractivity contribution >= 4 is 5.97 Å². The van der Waals surface area contributed by atoms with Crippen LogP contribution in [0.25, 0.3) is 0 Å². The highest BCUT2D eigenvalue weighted by Gasteiger charge is 2.70. The van der Waals surface area contributed by atoms with Crippen LogP contribution in [-0.4, -0.2) is 93.8 Å². The Bertz CT molecular complexity index is 1510. The maximum Gasteiger partial charge on any atom is 0.312 e. The third-order valence-electron chi connectivity index (χ3n) is 9.11. The molecular weight excluding hydrogens is 600 g/mol. The molecule has 246 valence electrons. The van der Waals surface area contributed by atoms with Gasteiger partial charge in [-0.25, -0.2) is 0 Å². The predicted molar refractivity (Wildman–Crippen MR) is 161 cm³/mol. The van der Waals surface area contributed by atoms with Gasteiger partial charge in [-0.2, -0.15) is 0 Å². The molecule has 0 aromatic heterocycles. The van der Waals surface area contributed by atoms with E-state index < -0.39 is 66.8 Å². The Morgan fingerprint density at radius 3 is 2.33 bits per heavy atom. The largest absolute Gasteiger partial charge is 0.497 e. The molecule has 2 fully saturated rings. The molecular formula is C34H38O12. The average Bonchev–Trinajstić information content (AvgIpc) is 3.57. The van der Waals surface area contributed by atoms with E-state index >= 15 is 0 Å². The molecule has 1 aliphatic carbocycles. The van der Waals surface area contributed by atoms with Crippen molar-refractivity contribution in [2.75, 3.05) is 41.7 Å². The number of ether oxygens (including phenoxy) is 8. The molecule has 2 aliphatic heterocycles. The lowest BCUT2D eigenvalue weighted by Gasteiger charge is -2.37. The second-order valence-corrected chi connectivity index (χ2v) is 11.4. The molecule has 3 aliphatic rings. The average molecular weight is 639 g/mol. The number of carbonyl (C=O) groups excluding carboxylic acids is 1. The molecule has 3 N–H and O–H groups in total. The molecule has 0 radical (unpaired) electrons. The van der Waals surface area contributed by atoms with E-state index in [0.717, 1.165) is 5.56 Å². The molecule has 0 amide bonds. The molecule has 1 saturated heterocycles. The number of fused-ring (bicyclic) bond motifs is 3. The van der Waals surface area contributed by atoms with Crippen molar-refractivity contribution in [3.05, 3.63) is 83.4 Å². The smallest absolute Gasteiger partial charge is 0.312 e. The Hall–Kier alpha value is -3.91. The van der Waals surface area contributed by atoms with Crippen LogP contribution in [0.3, 0.4) is 0 Å². The third kappa shape index (κ3) is 5.24. The number of rotatable bonds is 10. The standard InChI is InChI=1S/C34H38O12/c1-39-20-12-10-19(11-13-20)34-28(18-8-6-5-7-9-18)27(31(38)41-3)30(37)29(34)26-23(40-2)14-21(15-24(26)46-34)44-33-32(42-4)43-17-25(45-33)22(36)16-35/h5-15,22,25,27-30,32-33,35-37H,16-17H2,1-4H3/t22-,25?,27-,28-,29-,30-,32-,33-,34+/m1/s1. The lowest BCUT2D eigenvalue weighted by atomic mass is 9.73. The second kappa shape index (κ2) is 13.1. The lowest BCUT2D eigenvalue weighted by Crippen LogP contribution is -2.52. The summed E-state index contributed by atoms with van der Waals surface area (Å²) in [6.45, 7) is -0.534. The number of esters is 1. The van der Waals surface area contributed by atoms with Crippen LogP contribution in [0.4, 0.5) is 0 Å². The Morgan fingerprint density at radius 1 is 0.957 bits per heavy atom. The van der Waals surface area contributed by atoms with Gasteiger partial charge in [0.1, 0.15) is 35.2 Å². The molecule has 1 unspecified atom stereocenters. The number of hydrogen-bond acceptors (Lipinski definition) is 12. The van der Waals surface area contributed by atoms with E-state index in [1.165, 1.54) is 21.3 Å². The van der Waals surface area contributed by atoms with Crippen LogP contribution in [0.1, 0.15) is 28.5 Å². The molecule has 9 atom stereocenters. The monoisotopic (exact) mass is 638 g/mol. The molecule has 3 aromatic rings. The normalized spacial score (nSPS) is 30.5. The zero-order valence-electron chi connectivity index (χ0n) is 25.9. The molecule has 6 rings (SSSR count). The number of benzene rings is 3. The zero-order chi connectivity index (χ0) is 32.6. The molecule has 46 heavy (non-hydrogen) atoms. The molecule has 2 heterocycles. The highest BCUT2D eigenvalue weighted by molar-refractivity contribution is 5.78. The van der Waals surface area contributed by atoms with Crippen molar-refractivity contribution in [2.24, 2.45) is 5.92 Å². The number of hydrogen-bond donors (Lipinski definition) is 3. The fourth-order valence-corrected chi connectivity index (χ4v) is 7.07. The van der Waals surface area contributed by atoms with Crippen molar-refractivity contribution in [3.8, 4) is 23.0 Å². The van der Waals surface area contributed by atoms with Gasteiger partial charge in [-0.3, -0.25) is 4.79 Å². The summed E-state index contributed by atoms with van der Waals surface area (Å²) in [7, 11) is 5.80. The summed E-state index contributed by atoms with van der Waals surface area (Å²) < 4.78 is 46.7. The fourth-order valence-electron chi connectivity index (χ4n) is 7.07. The van der Waals surface area contributed by atoms with Crippen LogP contribution >= 0.6 is 0 Å². The van der Waals surface area contributed by atoms with Gasteiger partial charge in [0.2, 0.25) is 6.29 Å². The number of aliphatic hydroxyl groups is 3. The van der Waals surface area contributed by atoms with Gasteiger partial charge in [-0.05, 0) is 23.3 Å². The van der Waals surface area contributed by atoms with Crippen LogP contribution in [0.15, 0.2) is 66.7 Å². The molecule has 0 spiro atoms. The summed E-state index contributed by atoms with van der Waals surface area (Å²) in [5.74, 6) is -1.36. The Morgan fingerprint density at radius 2 is 1.70 bits per heavy atom. The first-order valence-electron chi connectivity index (χ1n) is 14.9. The van der Waals surface area contributed by atoms with Crippen LogP contribution < -0.4 is 18.9 Å². The predicted octanol–water partition coefficient (Wildman–Crippen LogP) is 2.47. The van der Waals surface area contributed by atoms with Gasteiger partial charge in [-0.15, -0.1) is 0 Å². The summed E-state index contributed by atoms with van der Waals surface area (Å²) in [6, 6.07) is 20.1. The minimum atomic E-state index is -1.28. The van der Waals surface area contributed by atoms with E-state index in [9.17, 15) is 20.1 Å². The van der Waals surface area contributed by atoms with Crippen molar-refractivity contribution < 1.29 is 58.0 Å². The van der Waals surface area contributed by atoms with E-state index in [2.05, 4.69) is 0 Å². The first kappa shape index (κ1) is 32.0. The first-order chi connectivity index (χ1) is 22.3. The van der Waals surface area contributed by atoms with Gasteiger partial charge < -0.3 is 53.2 Å². The van der Waals surface area contributed by atoms with Crippen LogP contribution in [0.2, 0.25) is 0 Å². The van der Waals surface area contributed by atoms with E-state index in [4.69, 9.17) is 37.9 Å². The van der Waals surface area contributed by atoms with Crippen LogP contribution in [0, 0.1) is 5.92 Å². The van der Waals surface area contributed by atoms with Crippen molar-refractivity contribution in [3.63, 3.8) is 0 Å². The van der Waals surface area contributed by atoms with Crippen molar-refractivity contribution in [1.29, 1.82) is 0 Å². The van der Waals surface area contributed by atoms with Crippen molar-refractivity contribution in [1.82, 2.24) is 0 Å². The quantitative estimate of drug-likeness (QED) is 0.280. The first-order valence-corrected chi connectivity index (χ1v) is 14.9. The number of carbonyl (C=O) groups is 1. The topological polar surface area (TPSA) is 152 Å². The summed E-state index contributed by atoms with van der Waals surface area (Å²) in [6.07, 6.45) is -5.32. The fraction of sp³-hybridized carbons (Fsp3) is 0.441. The van der Waals surface area contributed by atoms with Crippen LogP contribution in [0.5, 0.6) is 23.0 Å². The summed E-state index contributed by atoms with van der Waals surface area (Å²) in [4.78, 5) is 13.4. The summed E-state index contributed by atoms with van der Waals surface area (Å²) >= 11 is 0. The van der Waals surface area contributed by atoms with Gasteiger partial charge in [0.15, 0.2) is 5.60 Å². The summed E-state index contributed by atoms with van der Waals surface area (Å²) in [5, 5.41) is 31.7. The second-order valence-electron chi connectivity index (χ2n) is 11.4. The van der Waals surface area contributed by atoms with Crippen molar-refractivity contribution in [2.45, 2.75) is 48.3 Å². The molecule has 3 aromatic carbocycles. The van der Waals surface area contributed by atoms with E-state index in [1.54, 1.807) is 19.2 Å². The zero-order valence-corrected chi connectivity index (χ0v) is 25.9. The third-order valence-corrected chi connectivity index (χ3v) is 9.11. The van der Waals surface area contributed by atoms with E-state index in [0.29, 0.717) is 28.4 Å². The van der Waals surface area contributed by atoms with Gasteiger partial charge in [0.05, 0.1) is 52.5 Å². The lowest BCUT2D eigenvalue weighted by molar-refractivity contribution is -0.324. The Balaban J connectivity index is 1.48. The molecule has 1 saturated carbocycles. The van der Waals surface area contributed by atoms with E-state index in [1.807, 2.05) is 54.6 Å². The summed E-state index contributed by atoms with van der Waals surface area (Å²) in [5.41, 5.74) is 0.768. The highest BCUT2D eigenvalue weighted by atomic mass is 16.8. The van der Waals surface area contributed by atoms with Gasteiger partial charge in [0, 0.05) is 30.7 Å². The van der Waals surface area contributed by atoms with Gasteiger partial charge in [0.25, 0.3) is 6.29 Å². The minimum absolute atomic E-state index is 0.0110.